The van der Waals surface area contributed by atoms with E-state index in [1.165, 1.54) is 19.4 Å². The molecule has 1 atom stereocenters. The van der Waals surface area contributed by atoms with Gasteiger partial charge in [0, 0.05) is 21.3 Å². The van der Waals surface area contributed by atoms with E-state index < -0.39 is 30.6 Å². The van der Waals surface area contributed by atoms with E-state index in [2.05, 4.69) is 21.2 Å². The molecule has 3 aromatic carbocycles. The molecular weight excluding hydrogens is 647 g/mol. The SMILES string of the molecule is CCOC(=O)C1=C(C)NC(=O)N[C@H]1c1ccc(OCC(=O)N/N=C/c2cc(Cl)cc(Cl)c2OCc2ccc(Cl)cc2)c(OC)c1. The van der Waals surface area contributed by atoms with Crippen molar-refractivity contribution in [2.45, 2.75) is 26.5 Å². The van der Waals surface area contributed by atoms with Crippen molar-refractivity contribution in [2.75, 3.05) is 20.3 Å². The van der Waals surface area contributed by atoms with Crippen LogP contribution in [0.4, 0.5) is 4.79 Å². The van der Waals surface area contributed by atoms with Crippen molar-refractivity contribution >= 4 is 58.9 Å². The minimum Gasteiger partial charge on any atom is -0.493 e. The Hall–Kier alpha value is -4.45. The van der Waals surface area contributed by atoms with Crippen LogP contribution in [-0.2, 0) is 20.9 Å². The number of hydrogen-bond donors (Lipinski definition) is 3. The number of benzene rings is 3. The Kier molecular flexibility index (Phi) is 11.5. The summed E-state index contributed by atoms with van der Waals surface area (Å²) in [7, 11) is 1.42. The van der Waals surface area contributed by atoms with E-state index in [-0.39, 0.29) is 35.3 Å². The lowest BCUT2D eigenvalue weighted by Gasteiger charge is -2.28. The van der Waals surface area contributed by atoms with E-state index in [0.717, 1.165) is 5.56 Å². The van der Waals surface area contributed by atoms with Crippen LogP contribution in [0.3, 0.4) is 0 Å². The normalized spacial score (nSPS) is 14.4. The molecule has 0 saturated carbocycles. The lowest BCUT2D eigenvalue weighted by Crippen LogP contribution is -2.45. The Morgan fingerprint density at radius 2 is 1.76 bits per heavy atom. The lowest BCUT2D eigenvalue weighted by molar-refractivity contribution is -0.139. The molecule has 45 heavy (non-hydrogen) atoms. The molecule has 0 aliphatic carbocycles. The van der Waals surface area contributed by atoms with Crippen LogP contribution >= 0.6 is 34.8 Å². The number of allylic oxidation sites excluding steroid dienone is 1. The fourth-order valence-corrected chi connectivity index (χ4v) is 5.01. The number of hydrazone groups is 1. The lowest BCUT2D eigenvalue weighted by atomic mass is 9.95. The summed E-state index contributed by atoms with van der Waals surface area (Å²) in [5, 5.41) is 10.5. The molecule has 1 heterocycles. The molecule has 3 amide bonds. The molecule has 0 bridgehead atoms. The topological polar surface area (TPSA) is 137 Å². The predicted octanol–water partition coefficient (Wildman–Crippen LogP) is 5.95. The second-order valence-electron chi connectivity index (χ2n) is 9.50. The quantitative estimate of drug-likeness (QED) is 0.123. The molecule has 3 aromatic rings. The second-order valence-corrected chi connectivity index (χ2v) is 10.8. The van der Waals surface area contributed by atoms with Gasteiger partial charge in [0.05, 0.1) is 36.6 Å². The number of halogens is 3. The third kappa shape index (κ3) is 8.81. The summed E-state index contributed by atoms with van der Waals surface area (Å²) in [6.45, 7) is 3.29. The van der Waals surface area contributed by atoms with Gasteiger partial charge in [-0.15, -0.1) is 0 Å². The smallest absolute Gasteiger partial charge is 0.338 e. The minimum atomic E-state index is -0.793. The number of esters is 1. The van der Waals surface area contributed by atoms with E-state index in [9.17, 15) is 14.4 Å². The molecule has 0 saturated heterocycles. The Morgan fingerprint density at radius 1 is 1.00 bits per heavy atom. The van der Waals surface area contributed by atoms with Gasteiger partial charge in [0.1, 0.15) is 12.4 Å². The molecule has 0 radical (unpaired) electrons. The Morgan fingerprint density at radius 3 is 2.47 bits per heavy atom. The fraction of sp³-hybridized carbons (Fsp3) is 0.226. The third-order valence-electron chi connectivity index (χ3n) is 6.37. The van der Waals surface area contributed by atoms with Crippen molar-refractivity contribution in [1.82, 2.24) is 16.1 Å². The van der Waals surface area contributed by atoms with E-state index in [4.69, 9.17) is 53.8 Å². The molecule has 1 aliphatic heterocycles. The highest BCUT2D eigenvalue weighted by atomic mass is 35.5. The summed E-state index contributed by atoms with van der Waals surface area (Å²) in [6.07, 6.45) is 1.35. The second kappa shape index (κ2) is 15.5. The monoisotopic (exact) mass is 674 g/mol. The summed E-state index contributed by atoms with van der Waals surface area (Å²) >= 11 is 18.5. The number of nitrogens with zero attached hydrogens (tertiary/aromatic N) is 1. The number of carbonyl (C=O) groups excluding carboxylic acids is 3. The van der Waals surface area contributed by atoms with Crippen LogP contribution in [0.1, 0.15) is 36.6 Å². The van der Waals surface area contributed by atoms with Crippen molar-refractivity contribution in [1.29, 1.82) is 0 Å². The van der Waals surface area contributed by atoms with Gasteiger partial charge >= 0.3 is 12.0 Å². The minimum absolute atomic E-state index is 0.171. The number of nitrogens with one attached hydrogen (secondary N) is 3. The van der Waals surface area contributed by atoms with E-state index in [1.807, 2.05) is 12.1 Å². The van der Waals surface area contributed by atoms with Crippen molar-refractivity contribution in [3.05, 3.63) is 97.6 Å². The van der Waals surface area contributed by atoms with Crippen LogP contribution in [0.2, 0.25) is 15.1 Å². The highest BCUT2D eigenvalue weighted by Gasteiger charge is 2.32. The largest absolute Gasteiger partial charge is 0.493 e. The van der Waals surface area contributed by atoms with Gasteiger partial charge in [-0.3, -0.25) is 4.79 Å². The standard InChI is InChI=1S/C31H29Cl3N4O7/c1-4-43-30(40)27-17(2)36-31(41)37-28(27)19-7-10-24(25(12-19)42-3)44-16-26(39)38-35-14-20-11-22(33)13-23(34)29(20)45-15-18-5-8-21(32)9-6-18/h5-14,28H,4,15-16H2,1-3H3,(H,38,39)(H2,36,37,41)/b35-14+/t28-/m0/s1. The first-order valence-corrected chi connectivity index (χ1v) is 14.7. The number of amides is 3. The van der Waals surface area contributed by atoms with Gasteiger partial charge in [-0.1, -0.05) is 53.0 Å². The van der Waals surface area contributed by atoms with E-state index in [1.54, 1.807) is 50.2 Å². The number of urea groups is 1. The zero-order valence-electron chi connectivity index (χ0n) is 24.4. The molecular formula is C31H29Cl3N4O7. The van der Waals surface area contributed by atoms with E-state index in [0.29, 0.717) is 32.6 Å². The molecule has 0 fully saturated rings. The van der Waals surface area contributed by atoms with Crippen LogP contribution in [0.15, 0.2) is 71.0 Å². The Labute approximate surface area is 274 Å². The number of ether oxygens (including phenoxy) is 4. The molecule has 236 valence electrons. The molecule has 11 nitrogen and oxygen atoms in total. The summed E-state index contributed by atoms with van der Waals surface area (Å²) in [5.74, 6) is -0.282. The van der Waals surface area contributed by atoms with Crippen molar-refractivity contribution in [3.8, 4) is 17.2 Å². The molecule has 3 N–H and O–H groups in total. The zero-order valence-corrected chi connectivity index (χ0v) is 26.7. The third-order valence-corrected chi connectivity index (χ3v) is 7.12. The molecule has 0 spiro atoms. The van der Waals surface area contributed by atoms with Crippen molar-refractivity contribution < 1.29 is 33.3 Å². The van der Waals surface area contributed by atoms with Gasteiger partial charge in [-0.2, -0.15) is 5.10 Å². The highest BCUT2D eigenvalue weighted by molar-refractivity contribution is 6.36. The van der Waals surface area contributed by atoms with Gasteiger partial charge in [-0.05, 0) is 61.4 Å². The average Bonchev–Trinajstić information content (AvgIpc) is 3.00. The maximum Gasteiger partial charge on any atom is 0.338 e. The summed E-state index contributed by atoms with van der Waals surface area (Å²) < 4.78 is 22.2. The average molecular weight is 676 g/mol. The predicted molar refractivity (Wildman–Crippen MR) is 170 cm³/mol. The number of rotatable bonds is 12. The van der Waals surface area contributed by atoms with Gasteiger partial charge < -0.3 is 29.6 Å². The van der Waals surface area contributed by atoms with Crippen molar-refractivity contribution in [3.63, 3.8) is 0 Å². The van der Waals surface area contributed by atoms with Crippen LogP contribution in [0.25, 0.3) is 0 Å². The fourth-order valence-electron chi connectivity index (χ4n) is 4.32. The molecule has 1 aliphatic rings. The highest BCUT2D eigenvalue weighted by Crippen LogP contribution is 2.35. The molecule has 14 heteroatoms. The van der Waals surface area contributed by atoms with Crippen LogP contribution < -0.4 is 30.3 Å². The van der Waals surface area contributed by atoms with Gasteiger partial charge in [-0.25, -0.2) is 15.0 Å². The number of methoxy groups -OCH3 is 1. The summed E-state index contributed by atoms with van der Waals surface area (Å²) in [6, 6.07) is 13.8. The molecule has 0 aromatic heterocycles. The zero-order chi connectivity index (χ0) is 32.5. The Balaban J connectivity index is 1.41. The maximum atomic E-state index is 12.6. The van der Waals surface area contributed by atoms with Crippen LogP contribution in [0.5, 0.6) is 17.2 Å². The number of hydrogen-bond acceptors (Lipinski definition) is 8. The van der Waals surface area contributed by atoms with E-state index >= 15 is 0 Å². The van der Waals surface area contributed by atoms with Gasteiger partial charge in [0.25, 0.3) is 5.91 Å². The molecule has 4 rings (SSSR count). The first-order valence-electron chi connectivity index (χ1n) is 13.5. The van der Waals surface area contributed by atoms with Crippen molar-refractivity contribution in [2.24, 2.45) is 5.10 Å². The first-order chi connectivity index (χ1) is 21.6. The number of carbonyl (C=O) groups is 3. The van der Waals surface area contributed by atoms with Crippen LogP contribution in [-0.4, -0.2) is 44.4 Å². The Bertz CT molecular complexity index is 1640. The maximum absolute atomic E-state index is 12.6. The van der Waals surface area contributed by atoms with Gasteiger partial charge in [0.15, 0.2) is 18.1 Å². The summed E-state index contributed by atoms with van der Waals surface area (Å²) in [5.41, 5.74) is 4.86. The first kappa shape index (κ1) is 33.4. The van der Waals surface area contributed by atoms with Gasteiger partial charge in [0.2, 0.25) is 0 Å². The van der Waals surface area contributed by atoms with Crippen LogP contribution in [0, 0.1) is 0 Å². The molecule has 0 unspecified atom stereocenters. The summed E-state index contributed by atoms with van der Waals surface area (Å²) in [4.78, 5) is 37.3.